The number of rotatable bonds is 3. The van der Waals surface area contributed by atoms with E-state index < -0.39 is 4.92 Å². The van der Waals surface area contributed by atoms with Crippen LogP contribution in [0.15, 0.2) is 24.5 Å². The van der Waals surface area contributed by atoms with Gasteiger partial charge >= 0.3 is 0 Å². The molecule has 0 spiro atoms. The van der Waals surface area contributed by atoms with E-state index in [1.54, 1.807) is 12.4 Å². The number of nitro benzene ring substituents is 1. The first kappa shape index (κ1) is 12.6. The van der Waals surface area contributed by atoms with Crippen LogP contribution in [0.2, 0.25) is 5.02 Å². The molecule has 0 unspecified atom stereocenters. The fourth-order valence-corrected chi connectivity index (χ4v) is 1.94. The maximum Gasteiger partial charge on any atom is 0.274 e. The van der Waals surface area contributed by atoms with E-state index in [9.17, 15) is 10.1 Å². The topological polar surface area (TPSA) is 61.0 Å². The summed E-state index contributed by atoms with van der Waals surface area (Å²) in [4.78, 5) is 14.7. The van der Waals surface area contributed by atoms with E-state index >= 15 is 0 Å². The van der Waals surface area contributed by atoms with Crippen molar-refractivity contribution >= 4 is 17.3 Å². The van der Waals surface area contributed by atoms with E-state index in [0.717, 1.165) is 11.4 Å². The SMILES string of the molecule is Cc1ncn(Cc2cc(Cl)ccc2[N+](=O)[O-])c1C. The number of hydrogen-bond donors (Lipinski definition) is 0. The van der Waals surface area contributed by atoms with Crippen molar-refractivity contribution in [1.82, 2.24) is 9.55 Å². The number of nitrogens with zero attached hydrogens (tertiary/aromatic N) is 3. The standard InChI is InChI=1S/C12H12ClN3O2/c1-8-9(2)15(7-14-8)6-10-5-11(13)3-4-12(10)16(17)18/h3-5,7H,6H2,1-2H3. The summed E-state index contributed by atoms with van der Waals surface area (Å²) in [5, 5.41) is 11.4. The Bertz CT molecular complexity index is 607. The predicted octanol–water partition coefficient (Wildman–Crippen LogP) is 3.11. The highest BCUT2D eigenvalue weighted by Crippen LogP contribution is 2.24. The van der Waals surface area contributed by atoms with Gasteiger partial charge in [0.25, 0.3) is 5.69 Å². The molecule has 1 heterocycles. The third kappa shape index (κ3) is 2.36. The van der Waals surface area contributed by atoms with Gasteiger partial charge in [0.1, 0.15) is 0 Å². The largest absolute Gasteiger partial charge is 0.330 e. The van der Waals surface area contributed by atoms with Crippen molar-refractivity contribution in [3.63, 3.8) is 0 Å². The maximum atomic E-state index is 11.0. The van der Waals surface area contributed by atoms with E-state index in [-0.39, 0.29) is 5.69 Å². The lowest BCUT2D eigenvalue weighted by Gasteiger charge is -2.07. The molecule has 5 nitrogen and oxygen atoms in total. The second-order valence-corrected chi connectivity index (χ2v) is 4.51. The number of benzene rings is 1. The lowest BCUT2D eigenvalue weighted by atomic mass is 10.1. The van der Waals surface area contributed by atoms with Crippen LogP contribution < -0.4 is 0 Å². The van der Waals surface area contributed by atoms with Crippen molar-refractivity contribution in [2.45, 2.75) is 20.4 Å². The predicted molar refractivity (Wildman–Crippen MR) is 68.9 cm³/mol. The van der Waals surface area contributed by atoms with Crippen LogP contribution in [0.3, 0.4) is 0 Å². The molecule has 0 radical (unpaired) electrons. The molecule has 0 saturated carbocycles. The van der Waals surface area contributed by atoms with E-state index in [1.165, 1.54) is 12.1 Å². The Morgan fingerprint density at radius 3 is 2.72 bits per heavy atom. The highest BCUT2D eigenvalue weighted by atomic mass is 35.5. The summed E-state index contributed by atoms with van der Waals surface area (Å²) in [6, 6.07) is 4.57. The molecule has 2 aromatic rings. The summed E-state index contributed by atoms with van der Waals surface area (Å²) in [6.45, 7) is 4.22. The molecule has 0 saturated heterocycles. The molecule has 0 aliphatic heterocycles. The van der Waals surface area contributed by atoms with E-state index in [1.807, 2.05) is 18.4 Å². The number of imidazole rings is 1. The third-order valence-electron chi connectivity index (χ3n) is 2.92. The summed E-state index contributed by atoms with van der Waals surface area (Å²) in [7, 11) is 0. The van der Waals surface area contributed by atoms with Crippen molar-refractivity contribution in [2.75, 3.05) is 0 Å². The lowest BCUT2D eigenvalue weighted by Crippen LogP contribution is -2.04. The van der Waals surface area contributed by atoms with Crippen LogP contribution >= 0.6 is 11.6 Å². The summed E-state index contributed by atoms with van der Waals surface area (Å²) < 4.78 is 1.87. The second-order valence-electron chi connectivity index (χ2n) is 4.07. The fraction of sp³-hybridized carbons (Fsp3) is 0.250. The Kier molecular flexibility index (Phi) is 3.34. The minimum Gasteiger partial charge on any atom is -0.330 e. The minimum absolute atomic E-state index is 0.0742. The zero-order valence-electron chi connectivity index (χ0n) is 10.1. The van der Waals surface area contributed by atoms with Gasteiger partial charge in [-0.2, -0.15) is 0 Å². The Hall–Kier alpha value is -1.88. The first-order chi connectivity index (χ1) is 8.49. The molecule has 18 heavy (non-hydrogen) atoms. The van der Waals surface area contributed by atoms with E-state index in [4.69, 9.17) is 11.6 Å². The van der Waals surface area contributed by atoms with Gasteiger partial charge in [-0.25, -0.2) is 4.98 Å². The minimum atomic E-state index is -0.398. The molecule has 6 heteroatoms. The van der Waals surface area contributed by atoms with E-state index in [2.05, 4.69) is 4.98 Å². The monoisotopic (exact) mass is 265 g/mol. The molecule has 94 valence electrons. The van der Waals surface area contributed by atoms with Crippen LogP contribution in [0.1, 0.15) is 17.0 Å². The second kappa shape index (κ2) is 4.78. The van der Waals surface area contributed by atoms with Crippen molar-refractivity contribution < 1.29 is 4.92 Å². The third-order valence-corrected chi connectivity index (χ3v) is 3.16. The average Bonchev–Trinajstić information content (AvgIpc) is 2.61. The fourth-order valence-electron chi connectivity index (χ4n) is 1.75. The summed E-state index contributed by atoms with van der Waals surface area (Å²) >= 11 is 5.89. The molecule has 0 fully saturated rings. The molecule has 2 rings (SSSR count). The van der Waals surface area contributed by atoms with E-state index in [0.29, 0.717) is 17.1 Å². The van der Waals surface area contributed by atoms with Crippen molar-refractivity contribution in [3.05, 3.63) is 56.6 Å². The molecule has 0 N–H and O–H groups in total. The molecule has 0 aliphatic rings. The van der Waals surface area contributed by atoms with Gasteiger partial charge in [0, 0.05) is 16.8 Å². The average molecular weight is 266 g/mol. The normalized spacial score (nSPS) is 10.6. The van der Waals surface area contributed by atoms with Crippen LogP contribution in [0, 0.1) is 24.0 Å². The molecule has 1 aromatic heterocycles. The van der Waals surface area contributed by atoms with Crippen molar-refractivity contribution in [2.24, 2.45) is 0 Å². The van der Waals surface area contributed by atoms with Gasteiger partial charge < -0.3 is 4.57 Å². The molecular formula is C12H12ClN3O2. The summed E-state index contributed by atoms with van der Waals surface area (Å²) in [5.41, 5.74) is 2.56. The quantitative estimate of drug-likeness (QED) is 0.633. The zero-order valence-corrected chi connectivity index (χ0v) is 10.8. The molecule has 0 bridgehead atoms. The molecule has 0 amide bonds. The van der Waals surface area contributed by atoms with Crippen LogP contribution in [-0.2, 0) is 6.54 Å². The number of aromatic nitrogens is 2. The smallest absolute Gasteiger partial charge is 0.274 e. The van der Waals surface area contributed by atoms with Gasteiger partial charge in [-0.1, -0.05) is 11.6 Å². The maximum absolute atomic E-state index is 11.0. The first-order valence-electron chi connectivity index (χ1n) is 5.40. The number of hydrogen-bond acceptors (Lipinski definition) is 3. The summed E-state index contributed by atoms with van der Waals surface area (Å²) in [5.74, 6) is 0. The molecular weight excluding hydrogens is 254 g/mol. The van der Waals surface area contributed by atoms with Crippen LogP contribution in [-0.4, -0.2) is 14.5 Å². The Balaban J connectivity index is 2.42. The highest BCUT2D eigenvalue weighted by Gasteiger charge is 2.15. The Morgan fingerprint density at radius 2 is 2.17 bits per heavy atom. The summed E-state index contributed by atoms with van der Waals surface area (Å²) in [6.07, 6.45) is 1.68. The van der Waals surface area contributed by atoms with Gasteiger partial charge in [0.2, 0.25) is 0 Å². The molecule has 0 aliphatic carbocycles. The van der Waals surface area contributed by atoms with Crippen molar-refractivity contribution in [3.8, 4) is 0 Å². The Morgan fingerprint density at radius 1 is 1.44 bits per heavy atom. The van der Waals surface area contributed by atoms with Crippen molar-refractivity contribution in [1.29, 1.82) is 0 Å². The van der Waals surface area contributed by atoms with Gasteiger partial charge in [0.15, 0.2) is 0 Å². The number of halogens is 1. The highest BCUT2D eigenvalue weighted by molar-refractivity contribution is 6.30. The zero-order chi connectivity index (χ0) is 13.3. The van der Waals surface area contributed by atoms with Gasteiger partial charge in [0.05, 0.1) is 29.1 Å². The van der Waals surface area contributed by atoms with Gasteiger partial charge in [-0.05, 0) is 26.0 Å². The molecule has 1 aromatic carbocycles. The van der Waals surface area contributed by atoms with Crippen LogP contribution in [0.25, 0.3) is 0 Å². The van der Waals surface area contributed by atoms with Crippen LogP contribution in [0.4, 0.5) is 5.69 Å². The lowest BCUT2D eigenvalue weighted by molar-refractivity contribution is -0.385. The van der Waals surface area contributed by atoms with Gasteiger partial charge in [-0.3, -0.25) is 10.1 Å². The van der Waals surface area contributed by atoms with Gasteiger partial charge in [-0.15, -0.1) is 0 Å². The number of aryl methyl sites for hydroxylation is 1. The first-order valence-corrected chi connectivity index (χ1v) is 5.78. The number of nitro groups is 1. The Labute approximate surface area is 109 Å². The molecule has 0 atom stereocenters. The van der Waals surface area contributed by atoms with Crippen LogP contribution in [0.5, 0.6) is 0 Å².